The number of carbonyl (C=O) groups excluding carboxylic acids is 1. The number of carbonyl (C=O) groups is 1. The highest BCUT2D eigenvalue weighted by Gasteiger charge is 2.38. The SMILES string of the molecule is O=C(C1CCN(S(=O)(=O)c2ccc(-c3ccccc3)nc2)C1)N1CCN(c2ccnc3ccccc23)CC1. The van der Waals surface area contributed by atoms with E-state index in [1.54, 1.807) is 12.1 Å². The lowest BCUT2D eigenvalue weighted by atomic mass is 10.1. The van der Waals surface area contributed by atoms with Crippen LogP contribution in [0.25, 0.3) is 22.2 Å². The number of fused-ring (bicyclic) bond motifs is 1. The molecular formula is C29H29N5O3S. The van der Waals surface area contributed by atoms with E-state index in [0.717, 1.165) is 40.9 Å². The van der Waals surface area contributed by atoms with Gasteiger partial charge in [-0.25, -0.2) is 8.42 Å². The Morgan fingerprint density at radius 1 is 0.816 bits per heavy atom. The van der Waals surface area contributed by atoms with Crippen LogP contribution in [0.5, 0.6) is 0 Å². The van der Waals surface area contributed by atoms with Gasteiger partial charge < -0.3 is 9.80 Å². The zero-order valence-corrected chi connectivity index (χ0v) is 21.8. The van der Waals surface area contributed by atoms with Crippen molar-refractivity contribution in [2.75, 3.05) is 44.2 Å². The van der Waals surface area contributed by atoms with Gasteiger partial charge in [-0.15, -0.1) is 0 Å². The van der Waals surface area contributed by atoms with Crippen LogP contribution in [0.3, 0.4) is 0 Å². The number of rotatable bonds is 5. The van der Waals surface area contributed by atoms with Crippen molar-refractivity contribution in [3.05, 3.63) is 85.2 Å². The first-order chi connectivity index (χ1) is 18.5. The van der Waals surface area contributed by atoms with Gasteiger partial charge in [0.15, 0.2) is 0 Å². The Hall–Kier alpha value is -3.82. The Labute approximate surface area is 222 Å². The van der Waals surface area contributed by atoms with Crippen LogP contribution < -0.4 is 4.90 Å². The Balaban J connectivity index is 1.08. The summed E-state index contributed by atoms with van der Waals surface area (Å²) in [5.74, 6) is -0.283. The summed E-state index contributed by atoms with van der Waals surface area (Å²) in [6, 6.07) is 23.1. The predicted octanol–water partition coefficient (Wildman–Crippen LogP) is 3.66. The fourth-order valence-electron chi connectivity index (χ4n) is 5.39. The summed E-state index contributed by atoms with van der Waals surface area (Å²) in [5.41, 5.74) is 3.74. The van der Waals surface area contributed by atoms with Crippen LogP contribution in [0, 0.1) is 5.92 Å². The third-order valence-electron chi connectivity index (χ3n) is 7.50. The summed E-state index contributed by atoms with van der Waals surface area (Å²) >= 11 is 0. The lowest BCUT2D eigenvalue weighted by molar-refractivity contribution is -0.135. The molecule has 0 bridgehead atoms. The van der Waals surface area contributed by atoms with E-state index in [1.165, 1.54) is 10.5 Å². The molecule has 9 heteroatoms. The van der Waals surface area contributed by atoms with Gasteiger partial charge in [-0.1, -0.05) is 48.5 Å². The molecule has 2 aliphatic rings. The van der Waals surface area contributed by atoms with Gasteiger partial charge in [0.25, 0.3) is 0 Å². The van der Waals surface area contributed by atoms with Crippen LogP contribution in [0.4, 0.5) is 5.69 Å². The molecule has 0 saturated carbocycles. The molecule has 0 radical (unpaired) electrons. The van der Waals surface area contributed by atoms with Crippen molar-refractivity contribution in [3.63, 3.8) is 0 Å². The van der Waals surface area contributed by atoms with Gasteiger partial charge in [0.1, 0.15) is 4.90 Å². The fraction of sp³-hybridized carbons (Fsp3) is 0.276. The van der Waals surface area contributed by atoms with E-state index in [2.05, 4.69) is 20.9 Å². The molecular weight excluding hydrogens is 498 g/mol. The first kappa shape index (κ1) is 24.5. The Bertz CT molecular complexity index is 1550. The van der Waals surface area contributed by atoms with Gasteiger partial charge in [0.05, 0.1) is 17.1 Å². The second kappa shape index (κ2) is 10.2. The Morgan fingerprint density at radius 2 is 1.58 bits per heavy atom. The van der Waals surface area contributed by atoms with Crippen molar-refractivity contribution in [2.24, 2.45) is 5.92 Å². The Morgan fingerprint density at radius 3 is 2.34 bits per heavy atom. The molecule has 2 fully saturated rings. The van der Waals surface area contributed by atoms with Crippen LogP contribution in [0.15, 0.2) is 90.1 Å². The number of aromatic nitrogens is 2. The second-order valence-electron chi connectivity index (χ2n) is 9.75. The van der Waals surface area contributed by atoms with E-state index < -0.39 is 10.0 Å². The quantitative estimate of drug-likeness (QED) is 0.394. The average Bonchev–Trinajstić information content (AvgIpc) is 3.49. The maximum absolute atomic E-state index is 13.3. The molecule has 2 saturated heterocycles. The zero-order chi connectivity index (χ0) is 26.1. The first-order valence-corrected chi connectivity index (χ1v) is 14.3. The van der Waals surface area contributed by atoms with E-state index in [9.17, 15) is 13.2 Å². The number of benzene rings is 2. The molecule has 8 nitrogen and oxygen atoms in total. The second-order valence-corrected chi connectivity index (χ2v) is 11.7. The van der Waals surface area contributed by atoms with Crippen LogP contribution >= 0.6 is 0 Å². The van der Waals surface area contributed by atoms with Crippen LogP contribution in [-0.4, -0.2) is 72.8 Å². The highest BCUT2D eigenvalue weighted by atomic mass is 32.2. The van der Waals surface area contributed by atoms with E-state index in [1.807, 2.05) is 65.7 Å². The van der Waals surface area contributed by atoms with E-state index in [0.29, 0.717) is 26.1 Å². The van der Waals surface area contributed by atoms with Gasteiger partial charge >= 0.3 is 0 Å². The zero-order valence-electron chi connectivity index (χ0n) is 21.0. The Kier molecular flexibility index (Phi) is 6.55. The highest BCUT2D eigenvalue weighted by Crippen LogP contribution is 2.29. The summed E-state index contributed by atoms with van der Waals surface area (Å²) in [7, 11) is -3.71. The summed E-state index contributed by atoms with van der Waals surface area (Å²) in [5, 5.41) is 1.11. The van der Waals surface area contributed by atoms with E-state index in [-0.39, 0.29) is 23.3 Å². The summed E-state index contributed by atoms with van der Waals surface area (Å²) in [4.78, 5) is 26.5. The van der Waals surface area contributed by atoms with Crippen molar-refractivity contribution in [1.29, 1.82) is 0 Å². The molecule has 0 aliphatic carbocycles. The van der Waals surface area contributed by atoms with Crippen LogP contribution in [0.2, 0.25) is 0 Å². The molecule has 1 atom stereocenters. The van der Waals surface area contributed by atoms with Gasteiger partial charge in [-0.05, 0) is 30.7 Å². The molecule has 4 aromatic rings. The largest absolute Gasteiger partial charge is 0.367 e. The van der Waals surface area contributed by atoms with Gasteiger partial charge in [0.2, 0.25) is 15.9 Å². The van der Waals surface area contributed by atoms with Gasteiger partial charge in [0, 0.05) is 68.3 Å². The van der Waals surface area contributed by atoms with E-state index >= 15 is 0 Å². The predicted molar refractivity (Wildman–Crippen MR) is 147 cm³/mol. The third kappa shape index (κ3) is 4.63. The fourth-order valence-corrected chi connectivity index (χ4v) is 6.84. The summed E-state index contributed by atoms with van der Waals surface area (Å²) < 4.78 is 28.0. The number of anilines is 1. The molecule has 194 valence electrons. The monoisotopic (exact) mass is 527 g/mol. The van der Waals surface area contributed by atoms with Crippen LogP contribution in [-0.2, 0) is 14.8 Å². The van der Waals surface area contributed by atoms with Crippen molar-refractivity contribution < 1.29 is 13.2 Å². The first-order valence-electron chi connectivity index (χ1n) is 12.9. The average molecular weight is 528 g/mol. The smallest absolute Gasteiger partial charge is 0.244 e. The van der Waals surface area contributed by atoms with Gasteiger partial charge in [-0.2, -0.15) is 4.31 Å². The number of nitrogens with zero attached hydrogens (tertiary/aromatic N) is 5. The van der Waals surface area contributed by atoms with Gasteiger partial charge in [-0.3, -0.25) is 14.8 Å². The molecule has 6 rings (SSSR count). The minimum Gasteiger partial charge on any atom is -0.367 e. The molecule has 1 amide bonds. The molecule has 0 N–H and O–H groups in total. The number of piperazine rings is 1. The molecule has 2 aliphatic heterocycles. The van der Waals surface area contributed by atoms with Crippen molar-refractivity contribution in [2.45, 2.75) is 11.3 Å². The molecule has 1 unspecified atom stereocenters. The molecule has 4 heterocycles. The number of hydrogen-bond acceptors (Lipinski definition) is 6. The van der Waals surface area contributed by atoms with Crippen LogP contribution in [0.1, 0.15) is 6.42 Å². The summed E-state index contributed by atoms with van der Waals surface area (Å²) in [6.07, 6.45) is 3.77. The normalized spacial score (nSPS) is 18.7. The standard InChI is InChI=1S/C29H29N5O3S/c35-29(33-18-16-32(17-19-33)28-12-14-30-27-9-5-4-8-25(27)28)23-13-15-34(21-23)38(36,37)24-10-11-26(31-20-24)22-6-2-1-3-7-22/h1-12,14,20,23H,13,15-19,21H2. The number of sulfonamides is 1. The number of para-hydroxylation sites is 1. The topological polar surface area (TPSA) is 86.7 Å². The maximum Gasteiger partial charge on any atom is 0.244 e. The van der Waals surface area contributed by atoms with Crippen molar-refractivity contribution in [3.8, 4) is 11.3 Å². The van der Waals surface area contributed by atoms with Crippen molar-refractivity contribution in [1.82, 2.24) is 19.2 Å². The number of amides is 1. The molecule has 2 aromatic heterocycles. The number of pyridine rings is 2. The lowest BCUT2D eigenvalue weighted by Gasteiger charge is -2.37. The molecule has 38 heavy (non-hydrogen) atoms. The minimum absolute atomic E-state index is 0.0412. The summed E-state index contributed by atoms with van der Waals surface area (Å²) in [6.45, 7) is 3.23. The lowest BCUT2D eigenvalue weighted by Crippen LogP contribution is -2.50. The van der Waals surface area contributed by atoms with E-state index in [4.69, 9.17) is 0 Å². The maximum atomic E-state index is 13.3. The molecule has 0 spiro atoms. The number of hydrogen-bond donors (Lipinski definition) is 0. The molecule has 2 aromatic carbocycles. The highest BCUT2D eigenvalue weighted by molar-refractivity contribution is 7.89. The third-order valence-corrected chi connectivity index (χ3v) is 9.35. The van der Waals surface area contributed by atoms with Crippen molar-refractivity contribution >= 4 is 32.5 Å². The minimum atomic E-state index is -3.71.